The van der Waals surface area contributed by atoms with Crippen LogP contribution in [-0.2, 0) is 29.2 Å². The molecule has 1 aromatic carbocycles. The molecule has 1 aromatic rings. The van der Waals surface area contributed by atoms with Gasteiger partial charge in [-0.05, 0) is 89.4 Å². The van der Waals surface area contributed by atoms with Crippen LogP contribution >= 0.6 is 45.2 Å². The fourth-order valence-corrected chi connectivity index (χ4v) is 6.22. The minimum Gasteiger partial charge on any atom is -0.463 e. The van der Waals surface area contributed by atoms with Crippen molar-refractivity contribution < 1.29 is 50.3 Å². The molecule has 1 N–H and O–H groups in total. The van der Waals surface area contributed by atoms with Crippen LogP contribution in [0.2, 0.25) is 0 Å². The van der Waals surface area contributed by atoms with Crippen LogP contribution in [0.5, 0.6) is 5.75 Å². The quantitative estimate of drug-likeness (QED) is 0.139. The molecule has 2 aliphatic carbocycles. The van der Waals surface area contributed by atoms with Crippen molar-refractivity contribution in [3.8, 4) is 5.75 Å². The van der Waals surface area contributed by atoms with E-state index >= 15 is 0 Å². The molecule has 0 heterocycles. The Hall–Kier alpha value is -1.40. The number of esters is 3. The van der Waals surface area contributed by atoms with Gasteiger partial charge in [-0.2, -0.15) is 17.2 Å². The number of carbonyl (C=O) groups is 3. The van der Waals surface area contributed by atoms with E-state index in [1.54, 1.807) is 42.5 Å². The fraction of sp³-hybridized carbons (Fsp3) is 0.476. The second-order valence-electron chi connectivity index (χ2n) is 8.36. The summed E-state index contributed by atoms with van der Waals surface area (Å²) in [5.74, 6) is -5.14. The van der Waals surface area contributed by atoms with Crippen LogP contribution < -0.4 is 4.74 Å². The van der Waals surface area contributed by atoms with Crippen LogP contribution in [0.15, 0.2) is 24.3 Å². The number of carbonyl (C=O) groups excluding carboxylic acids is 3. The predicted molar refractivity (Wildman–Crippen MR) is 133 cm³/mol. The number of halogens is 4. The van der Waals surface area contributed by atoms with Crippen LogP contribution in [0.4, 0.5) is 8.78 Å². The lowest BCUT2D eigenvalue weighted by Gasteiger charge is -2.26. The molecular weight excluding hydrogens is 720 g/mol. The summed E-state index contributed by atoms with van der Waals surface area (Å²) in [7, 11) is -5.81. The number of hydrogen-bond acceptors (Lipinski definition) is 8. The summed E-state index contributed by atoms with van der Waals surface area (Å²) in [4.78, 5) is 38.4. The van der Waals surface area contributed by atoms with Crippen molar-refractivity contribution in [3.63, 3.8) is 0 Å². The molecule has 35 heavy (non-hydrogen) atoms. The smallest absolute Gasteiger partial charge is 0.402 e. The molecule has 1 saturated carbocycles. The lowest BCUT2D eigenvalue weighted by Crippen LogP contribution is -2.37. The lowest BCUT2D eigenvalue weighted by atomic mass is 9.83. The van der Waals surface area contributed by atoms with Gasteiger partial charge in [-0.25, -0.2) is 4.79 Å². The first-order valence-corrected chi connectivity index (χ1v) is 13.8. The Labute approximate surface area is 227 Å². The van der Waals surface area contributed by atoms with E-state index in [1.807, 2.05) is 34.7 Å². The Morgan fingerprint density at radius 3 is 2.23 bits per heavy atom. The van der Waals surface area contributed by atoms with Gasteiger partial charge in [0.15, 0.2) is 12.4 Å². The minimum absolute atomic E-state index is 0.202. The lowest BCUT2D eigenvalue weighted by molar-refractivity contribution is -0.160. The molecule has 4 unspecified atom stereocenters. The molecule has 0 spiro atoms. The number of rotatable bonds is 8. The highest BCUT2D eigenvalue weighted by Gasteiger charge is 2.53. The van der Waals surface area contributed by atoms with Gasteiger partial charge in [0.2, 0.25) is 0 Å². The van der Waals surface area contributed by atoms with E-state index in [4.69, 9.17) is 14.0 Å². The van der Waals surface area contributed by atoms with Crippen LogP contribution in [0.25, 0.3) is 0 Å². The van der Waals surface area contributed by atoms with Crippen molar-refractivity contribution in [2.24, 2.45) is 23.7 Å². The minimum atomic E-state index is -5.81. The topological polar surface area (TPSA) is 133 Å². The zero-order valence-corrected chi connectivity index (χ0v) is 23.4. The van der Waals surface area contributed by atoms with Crippen LogP contribution in [0, 0.1) is 30.8 Å². The van der Waals surface area contributed by atoms with Crippen molar-refractivity contribution in [2.75, 3.05) is 6.61 Å². The molecule has 0 saturated heterocycles. The summed E-state index contributed by atoms with van der Waals surface area (Å²) in [6, 6.07) is 2.77. The van der Waals surface area contributed by atoms with Gasteiger partial charge in [-0.1, -0.05) is 12.2 Å². The highest BCUT2D eigenvalue weighted by molar-refractivity contribution is 14.1. The molecule has 4 atom stereocenters. The fourth-order valence-electron chi connectivity index (χ4n) is 4.06. The molecule has 2 aliphatic rings. The van der Waals surface area contributed by atoms with E-state index in [-0.39, 0.29) is 27.3 Å². The Balaban J connectivity index is 1.86. The van der Waals surface area contributed by atoms with Crippen LogP contribution in [-0.4, -0.2) is 48.8 Å². The third-order valence-corrected chi connectivity index (χ3v) is 7.83. The Morgan fingerprint density at radius 1 is 1.11 bits per heavy atom. The predicted octanol–water partition coefficient (Wildman–Crippen LogP) is 3.83. The van der Waals surface area contributed by atoms with Gasteiger partial charge < -0.3 is 14.2 Å². The number of ether oxygens (including phenoxy) is 3. The van der Waals surface area contributed by atoms with Gasteiger partial charge >= 0.3 is 33.3 Å². The summed E-state index contributed by atoms with van der Waals surface area (Å²) < 4.78 is 73.2. The Kier molecular flexibility index (Phi) is 8.48. The first-order chi connectivity index (χ1) is 16.1. The third kappa shape index (κ3) is 6.12. The molecular formula is C21H20F2I2O9S. The molecule has 9 nitrogen and oxygen atoms in total. The van der Waals surface area contributed by atoms with E-state index < -0.39 is 57.3 Å². The number of benzene rings is 1. The number of hydrogen-bond donors (Lipinski definition) is 1. The molecule has 1 fully saturated rings. The summed E-state index contributed by atoms with van der Waals surface area (Å²) >= 11 is 3.62. The van der Waals surface area contributed by atoms with Crippen molar-refractivity contribution >= 4 is 73.2 Å². The summed E-state index contributed by atoms with van der Waals surface area (Å²) in [6.45, 7) is 1.43. The van der Waals surface area contributed by atoms with E-state index in [0.717, 1.165) is 0 Å². The van der Waals surface area contributed by atoms with E-state index in [0.29, 0.717) is 9.99 Å². The van der Waals surface area contributed by atoms with Crippen molar-refractivity contribution in [2.45, 2.75) is 31.6 Å². The average molecular weight is 740 g/mol. The number of allylic oxidation sites excluding steroid dienone is 2. The summed E-state index contributed by atoms with van der Waals surface area (Å²) in [5.41, 5.74) is -0.402. The van der Waals surface area contributed by atoms with Gasteiger partial charge in [0.25, 0.3) is 0 Å². The molecule has 0 aliphatic heterocycles. The van der Waals surface area contributed by atoms with Crippen LogP contribution in [0.3, 0.4) is 0 Å². The zero-order chi connectivity index (χ0) is 26.3. The number of alkyl halides is 2. The summed E-state index contributed by atoms with van der Waals surface area (Å²) in [6.07, 6.45) is 3.84. The van der Waals surface area contributed by atoms with E-state index in [1.165, 1.54) is 6.07 Å². The van der Waals surface area contributed by atoms with Gasteiger partial charge in [0, 0.05) is 3.57 Å². The Morgan fingerprint density at radius 2 is 1.69 bits per heavy atom. The monoisotopic (exact) mass is 740 g/mol. The molecule has 14 heteroatoms. The molecule has 0 amide bonds. The van der Waals surface area contributed by atoms with Crippen molar-refractivity contribution in [3.05, 3.63) is 37.0 Å². The van der Waals surface area contributed by atoms with E-state index in [9.17, 15) is 31.6 Å². The van der Waals surface area contributed by atoms with Crippen molar-refractivity contribution in [1.82, 2.24) is 0 Å². The SMILES string of the molecule is CC(C)OC(=O)C1C2C=CC(C2)C1C(=O)Oc1c(I)cc(I)cc1C(=O)OCC(F)(F)S(=O)(=O)O. The second-order valence-corrected chi connectivity index (χ2v) is 12.3. The third-order valence-electron chi connectivity index (χ3n) is 5.54. The zero-order valence-electron chi connectivity index (χ0n) is 18.2. The van der Waals surface area contributed by atoms with E-state index in [2.05, 4.69) is 4.74 Å². The standard InChI is InChI=1S/C21H20F2I2O9S/c1-9(2)33-19(27)15-10-3-4-11(5-10)16(15)20(28)34-17-13(6-12(24)7-14(17)25)18(26)32-8-21(22,23)35(29,30)31/h3-4,6-7,9-11,15-16H,5,8H2,1-2H3,(H,29,30,31). The molecule has 0 radical (unpaired) electrons. The molecule has 3 rings (SSSR count). The maximum atomic E-state index is 13.5. The maximum absolute atomic E-state index is 13.5. The Bertz CT molecular complexity index is 1180. The van der Waals surface area contributed by atoms with Gasteiger partial charge in [0.1, 0.15) is 5.56 Å². The normalized spacial score (nSPS) is 23.4. The van der Waals surface area contributed by atoms with Gasteiger partial charge in [0.05, 0.1) is 21.5 Å². The van der Waals surface area contributed by atoms with Crippen LogP contribution in [0.1, 0.15) is 30.6 Å². The van der Waals surface area contributed by atoms with Gasteiger partial charge in [-0.3, -0.25) is 14.1 Å². The second kappa shape index (κ2) is 10.5. The highest BCUT2D eigenvalue weighted by atomic mass is 127. The maximum Gasteiger partial charge on any atom is 0.402 e. The molecule has 2 bridgehead atoms. The molecule has 192 valence electrons. The first-order valence-electron chi connectivity index (χ1n) is 10.2. The average Bonchev–Trinajstić information content (AvgIpc) is 3.34. The summed E-state index contributed by atoms with van der Waals surface area (Å²) in [5, 5.41) is -4.73. The first kappa shape index (κ1) is 28.2. The largest absolute Gasteiger partial charge is 0.463 e. The van der Waals surface area contributed by atoms with Crippen molar-refractivity contribution in [1.29, 1.82) is 0 Å². The van der Waals surface area contributed by atoms with Gasteiger partial charge in [-0.15, -0.1) is 0 Å². The number of fused-ring (bicyclic) bond motifs is 2. The highest BCUT2D eigenvalue weighted by Crippen LogP contribution is 2.49. The molecule has 0 aromatic heterocycles.